The number of aryl methyl sites for hydroxylation is 1. The molecule has 2 aromatic heterocycles. The molecule has 164 valence electrons. The Kier molecular flexibility index (Phi) is 5.81. The van der Waals surface area contributed by atoms with Crippen molar-refractivity contribution in [3.63, 3.8) is 0 Å². The van der Waals surface area contributed by atoms with Crippen molar-refractivity contribution in [3.8, 4) is 5.69 Å². The van der Waals surface area contributed by atoms with E-state index in [1.807, 2.05) is 25.1 Å². The molecule has 0 aliphatic carbocycles. The third kappa shape index (κ3) is 4.14. The minimum atomic E-state index is -0.559. The third-order valence-corrected chi connectivity index (χ3v) is 5.46. The van der Waals surface area contributed by atoms with Crippen LogP contribution >= 0.6 is 0 Å². The van der Waals surface area contributed by atoms with Crippen molar-refractivity contribution < 1.29 is 9.21 Å². The van der Waals surface area contributed by atoms with Gasteiger partial charge in [0.25, 0.3) is 5.56 Å². The standard InChI is InChI=1S/C25H25N3O4/c1-16(2)18-7-9-19(10-8-18)28-24(30)21-13-17(3)6-11-22(21)27(25(28)31)15-23(29)26-14-20-5-4-12-32-20/h4-13,16H,14-15H2,1-3H3,(H,26,29). The van der Waals surface area contributed by atoms with Gasteiger partial charge in [0, 0.05) is 0 Å². The molecule has 7 nitrogen and oxygen atoms in total. The lowest BCUT2D eigenvalue weighted by molar-refractivity contribution is -0.121. The van der Waals surface area contributed by atoms with E-state index in [1.165, 1.54) is 10.8 Å². The Balaban J connectivity index is 1.80. The molecule has 0 aliphatic heterocycles. The highest BCUT2D eigenvalue weighted by molar-refractivity contribution is 5.82. The Hall–Kier alpha value is -3.87. The fraction of sp³-hybridized carbons (Fsp3) is 0.240. The fourth-order valence-corrected chi connectivity index (χ4v) is 3.67. The second kappa shape index (κ2) is 8.70. The predicted molar refractivity (Wildman–Crippen MR) is 123 cm³/mol. The quantitative estimate of drug-likeness (QED) is 0.506. The van der Waals surface area contributed by atoms with Crippen LogP contribution in [-0.2, 0) is 17.9 Å². The lowest BCUT2D eigenvalue weighted by Crippen LogP contribution is -2.41. The highest BCUT2D eigenvalue weighted by atomic mass is 16.3. The number of carbonyl (C=O) groups is 1. The molecule has 0 fully saturated rings. The summed E-state index contributed by atoms with van der Waals surface area (Å²) >= 11 is 0. The van der Waals surface area contributed by atoms with Gasteiger partial charge in [0.2, 0.25) is 5.91 Å². The molecule has 0 radical (unpaired) electrons. The monoisotopic (exact) mass is 431 g/mol. The van der Waals surface area contributed by atoms with E-state index in [-0.39, 0.29) is 19.0 Å². The van der Waals surface area contributed by atoms with E-state index in [0.717, 1.165) is 15.7 Å². The van der Waals surface area contributed by atoms with Gasteiger partial charge >= 0.3 is 5.69 Å². The zero-order chi connectivity index (χ0) is 22.8. The molecule has 0 aliphatic rings. The molecule has 32 heavy (non-hydrogen) atoms. The maximum Gasteiger partial charge on any atom is 0.336 e. The first-order valence-corrected chi connectivity index (χ1v) is 10.5. The maximum absolute atomic E-state index is 13.4. The fourth-order valence-electron chi connectivity index (χ4n) is 3.67. The summed E-state index contributed by atoms with van der Waals surface area (Å²) in [5, 5.41) is 3.14. The number of furan rings is 1. The number of nitrogens with zero attached hydrogens (tertiary/aromatic N) is 2. The van der Waals surface area contributed by atoms with E-state index >= 15 is 0 Å². The highest BCUT2D eigenvalue weighted by Crippen LogP contribution is 2.17. The Morgan fingerprint density at radius 3 is 2.47 bits per heavy atom. The highest BCUT2D eigenvalue weighted by Gasteiger charge is 2.17. The average molecular weight is 431 g/mol. The van der Waals surface area contributed by atoms with Crippen molar-refractivity contribution in [3.05, 3.63) is 98.6 Å². The molecule has 0 atom stereocenters. The van der Waals surface area contributed by atoms with Crippen molar-refractivity contribution in [1.82, 2.24) is 14.5 Å². The van der Waals surface area contributed by atoms with E-state index in [4.69, 9.17) is 4.42 Å². The first-order chi connectivity index (χ1) is 15.3. The molecule has 0 saturated heterocycles. The number of fused-ring (bicyclic) bond motifs is 1. The minimum absolute atomic E-state index is 0.216. The van der Waals surface area contributed by atoms with E-state index < -0.39 is 11.2 Å². The SMILES string of the molecule is Cc1ccc2c(c1)c(=O)n(-c1ccc(C(C)C)cc1)c(=O)n2CC(=O)NCc1ccco1. The summed E-state index contributed by atoms with van der Waals surface area (Å²) in [4.78, 5) is 39.3. The molecule has 0 unspecified atom stereocenters. The molecular formula is C25H25N3O4. The van der Waals surface area contributed by atoms with Gasteiger partial charge in [-0.1, -0.05) is 37.6 Å². The summed E-state index contributed by atoms with van der Waals surface area (Å²) in [6.07, 6.45) is 1.53. The van der Waals surface area contributed by atoms with Crippen molar-refractivity contribution in [2.24, 2.45) is 0 Å². The van der Waals surface area contributed by atoms with Gasteiger partial charge in [-0.25, -0.2) is 9.36 Å². The van der Waals surface area contributed by atoms with Gasteiger partial charge in [0.15, 0.2) is 0 Å². The Morgan fingerprint density at radius 2 is 1.81 bits per heavy atom. The summed E-state index contributed by atoms with van der Waals surface area (Å²) in [5.41, 5.74) is 1.93. The molecule has 1 amide bonds. The van der Waals surface area contributed by atoms with E-state index in [1.54, 1.807) is 36.4 Å². The minimum Gasteiger partial charge on any atom is -0.467 e. The predicted octanol–water partition coefficient (Wildman–Crippen LogP) is 3.49. The zero-order valence-corrected chi connectivity index (χ0v) is 18.3. The normalized spacial score (nSPS) is 11.2. The molecule has 7 heteroatoms. The van der Waals surface area contributed by atoms with Crippen LogP contribution in [0.25, 0.3) is 16.6 Å². The number of nitrogens with one attached hydrogen (secondary N) is 1. The van der Waals surface area contributed by atoms with Crippen molar-refractivity contribution in [1.29, 1.82) is 0 Å². The number of aromatic nitrogens is 2. The molecule has 0 spiro atoms. The van der Waals surface area contributed by atoms with Gasteiger partial charge in [-0.2, -0.15) is 0 Å². The van der Waals surface area contributed by atoms with Crippen molar-refractivity contribution in [2.75, 3.05) is 0 Å². The summed E-state index contributed by atoms with van der Waals surface area (Å²) in [5.74, 6) is 0.585. The number of benzene rings is 2. The second-order valence-electron chi connectivity index (χ2n) is 8.13. The second-order valence-corrected chi connectivity index (χ2v) is 8.13. The van der Waals surface area contributed by atoms with Crippen LogP contribution in [0.15, 0.2) is 74.9 Å². The number of carbonyl (C=O) groups excluding carboxylic acids is 1. The van der Waals surface area contributed by atoms with E-state index in [0.29, 0.717) is 28.3 Å². The number of hydrogen-bond donors (Lipinski definition) is 1. The molecule has 2 heterocycles. The van der Waals surface area contributed by atoms with Crippen LogP contribution in [0, 0.1) is 6.92 Å². The lowest BCUT2D eigenvalue weighted by Gasteiger charge is -2.15. The third-order valence-electron chi connectivity index (χ3n) is 5.46. The van der Waals surface area contributed by atoms with Crippen molar-refractivity contribution in [2.45, 2.75) is 39.8 Å². The molecule has 0 bridgehead atoms. The van der Waals surface area contributed by atoms with Crippen LogP contribution in [0.1, 0.15) is 36.7 Å². The largest absolute Gasteiger partial charge is 0.467 e. The smallest absolute Gasteiger partial charge is 0.336 e. The van der Waals surface area contributed by atoms with Crippen LogP contribution < -0.4 is 16.6 Å². The van der Waals surface area contributed by atoms with Crippen molar-refractivity contribution >= 4 is 16.8 Å². The molecule has 1 N–H and O–H groups in total. The average Bonchev–Trinajstić information content (AvgIpc) is 3.29. The zero-order valence-electron chi connectivity index (χ0n) is 18.3. The van der Waals surface area contributed by atoms with Gasteiger partial charge in [0.05, 0.1) is 29.4 Å². The topological polar surface area (TPSA) is 86.2 Å². The Bertz CT molecular complexity index is 1380. The van der Waals surface area contributed by atoms with Gasteiger partial charge in [-0.3, -0.25) is 14.2 Å². The summed E-state index contributed by atoms with van der Waals surface area (Å²) in [7, 11) is 0. The van der Waals surface area contributed by atoms with E-state index in [2.05, 4.69) is 19.2 Å². The van der Waals surface area contributed by atoms with Gasteiger partial charge in [-0.05, 0) is 54.8 Å². The number of hydrogen-bond acceptors (Lipinski definition) is 4. The van der Waals surface area contributed by atoms with Crippen LogP contribution in [0.2, 0.25) is 0 Å². The Morgan fingerprint density at radius 1 is 1.06 bits per heavy atom. The van der Waals surface area contributed by atoms with Gasteiger partial charge < -0.3 is 9.73 Å². The first-order valence-electron chi connectivity index (χ1n) is 10.5. The molecule has 0 saturated carbocycles. The molecular weight excluding hydrogens is 406 g/mol. The lowest BCUT2D eigenvalue weighted by atomic mass is 10.0. The molecule has 4 aromatic rings. The van der Waals surface area contributed by atoms with Crippen LogP contribution in [0.3, 0.4) is 0 Å². The molecule has 4 rings (SSSR count). The first kappa shape index (κ1) is 21.4. The Labute approximate surface area is 184 Å². The van der Waals surface area contributed by atoms with Gasteiger partial charge in [0.1, 0.15) is 12.3 Å². The molecule has 2 aromatic carbocycles. The van der Waals surface area contributed by atoms with Crippen LogP contribution in [-0.4, -0.2) is 15.0 Å². The maximum atomic E-state index is 13.4. The van der Waals surface area contributed by atoms with Crippen LogP contribution in [0.5, 0.6) is 0 Å². The summed E-state index contributed by atoms with van der Waals surface area (Å²) in [6.45, 7) is 6.03. The number of rotatable bonds is 6. The summed E-state index contributed by atoms with van der Waals surface area (Å²) in [6, 6.07) is 16.1. The number of amides is 1. The summed E-state index contributed by atoms with van der Waals surface area (Å²) < 4.78 is 7.70. The van der Waals surface area contributed by atoms with Crippen LogP contribution in [0.4, 0.5) is 0 Å². The van der Waals surface area contributed by atoms with Gasteiger partial charge in [-0.15, -0.1) is 0 Å². The van der Waals surface area contributed by atoms with E-state index in [9.17, 15) is 14.4 Å².